The molecule has 1 aromatic carbocycles. The molecule has 20 heteroatoms. The molecule has 6 aliphatic heterocycles. The number of halogens is 2. The predicted molar refractivity (Wildman–Crippen MR) is 268 cm³/mol. The number of hydrazine groups is 1. The fourth-order valence-electron chi connectivity index (χ4n) is 11.5. The van der Waals surface area contributed by atoms with E-state index in [9.17, 15) is 23.2 Å². The first kappa shape index (κ1) is 50.5. The van der Waals surface area contributed by atoms with Crippen molar-refractivity contribution in [1.82, 2.24) is 35.2 Å². The van der Waals surface area contributed by atoms with Gasteiger partial charge in [0.25, 0.3) is 12.3 Å². The number of thiazole rings is 1. The van der Waals surface area contributed by atoms with Crippen LogP contribution < -0.4 is 15.6 Å². The summed E-state index contributed by atoms with van der Waals surface area (Å²) >= 11 is 1.17. The molecule has 2 aliphatic carbocycles. The third-order valence-electron chi connectivity index (χ3n) is 16.0. The number of methoxy groups -OCH3 is 1. The van der Waals surface area contributed by atoms with Gasteiger partial charge in [-0.2, -0.15) is 0 Å². The Morgan fingerprint density at radius 2 is 1.79 bits per heavy atom. The summed E-state index contributed by atoms with van der Waals surface area (Å²) in [5.74, 6) is -1.79. The molecule has 9 heterocycles. The highest BCUT2D eigenvalue weighted by atomic mass is 32.1. The van der Waals surface area contributed by atoms with E-state index in [4.69, 9.17) is 38.4 Å². The van der Waals surface area contributed by atoms with E-state index in [-0.39, 0.29) is 35.8 Å². The number of aromatic nitrogens is 3. The van der Waals surface area contributed by atoms with Crippen molar-refractivity contribution in [2.45, 2.75) is 134 Å². The number of carbonyl (C=O) groups excluding carboxylic acids is 3. The van der Waals surface area contributed by atoms with E-state index in [1.807, 2.05) is 24.6 Å². The number of alkyl halides is 2. The Balaban J connectivity index is 1.06. The Hall–Kier alpha value is -4.67. The van der Waals surface area contributed by atoms with E-state index in [2.05, 4.69) is 57.2 Å². The highest BCUT2D eigenvalue weighted by Gasteiger charge is 2.53. The molecule has 0 unspecified atom stereocenters. The average molecular weight is 1030 g/mol. The number of ether oxygens (including phenoxy) is 6. The predicted octanol–water partition coefficient (Wildman–Crippen LogP) is 6.23. The number of esters is 1. The number of pyridine rings is 1. The lowest BCUT2D eigenvalue weighted by molar-refractivity contribution is -0.174. The number of hydrogen-bond acceptors (Lipinski definition) is 15. The highest BCUT2D eigenvalue weighted by molar-refractivity contribution is 7.10. The maximum atomic E-state index is 14.9. The maximum absolute atomic E-state index is 14.9. The first-order valence-electron chi connectivity index (χ1n) is 26.2. The van der Waals surface area contributed by atoms with E-state index in [1.54, 1.807) is 7.11 Å². The molecule has 3 aromatic heterocycles. The first-order valence-corrected chi connectivity index (χ1v) is 27.1. The van der Waals surface area contributed by atoms with Gasteiger partial charge in [0.2, 0.25) is 5.91 Å². The van der Waals surface area contributed by atoms with Gasteiger partial charge < -0.3 is 43.2 Å². The van der Waals surface area contributed by atoms with Gasteiger partial charge in [-0.15, -0.1) is 11.3 Å². The van der Waals surface area contributed by atoms with Crippen molar-refractivity contribution in [2.24, 2.45) is 11.3 Å². The van der Waals surface area contributed by atoms with Crippen LogP contribution in [0.25, 0.3) is 33.4 Å². The second-order valence-corrected chi connectivity index (χ2v) is 22.5. The summed E-state index contributed by atoms with van der Waals surface area (Å²) in [6.45, 7) is 11.7. The van der Waals surface area contributed by atoms with Gasteiger partial charge in [-0.25, -0.2) is 19.2 Å². The second kappa shape index (κ2) is 21.2. The maximum Gasteiger partial charge on any atom is 0.325 e. The summed E-state index contributed by atoms with van der Waals surface area (Å²) in [5, 5.41) is 7.19. The number of fused-ring (bicyclic) bond motifs is 4. The molecule has 17 nitrogen and oxygen atoms in total. The van der Waals surface area contributed by atoms with Crippen molar-refractivity contribution < 1.29 is 51.6 Å². The third kappa shape index (κ3) is 10.5. The van der Waals surface area contributed by atoms with Crippen molar-refractivity contribution in [3.63, 3.8) is 0 Å². The van der Waals surface area contributed by atoms with Crippen molar-refractivity contribution in [2.75, 3.05) is 77.8 Å². The SMILES string of the molecule is CO[C@@H](C)c1ncc(N2CCN(C3CC3)CC2)cc1-c1c2c3cc(ccc3n1CCOC1CCOCC1)-c1csc(n1)[C@@H](OCC(F)F)[C@H](NC(=O)[C@@H]1CCO1)C(=O)N1N[C@H](C(=O)OCC(C)(C)C2)C2CC1C2. The lowest BCUT2D eigenvalue weighted by Gasteiger charge is -2.53. The fourth-order valence-corrected chi connectivity index (χ4v) is 12.4. The molecule has 8 bridgehead atoms. The number of nitrogens with one attached hydrogen (secondary N) is 2. The summed E-state index contributed by atoms with van der Waals surface area (Å²) in [5.41, 5.74) is 9.55. The zero-order valence-corrected chi connectivity index (χ0v) is 43.0. The van der Waals surface area contributed by atoms with Crippen molar-refractivity contribution in [3.8, 4) is 22.5 Å². The zero-order valence-electron chi connectivity index (χ0n) is 42.2. The number of carbonyl (C=O) groups is 3. The van der Waals surface area contributed by atoms with Crippen LogP contribution in [-0.4, -0.2) is 158 Å². The molecule has 7 fully saturated rings. The first-order chi connectivity index (χ1) is 35.3. The van der Waals surface area contributed by atoms with E-state index in [1.165, 1.54) is 29.2 Å². The van der Waals surface area contributed by atoms with Crippen LogP contribution in [0.3, 0.4) is 0 Å². The monoisotopic (exact) mass is 1030 g/mol. The summed E-state index contributed by atoms with van der Waals surface area (Å²) in [7, 11) is 1.70. The van der Waals surface area contributed by atoms with Crippen LogP contribution in [0.1, 0.15) is 94.2 Å². The Morgan fingerprint density at radius 3 is 2.51 bits per heavy atom. The van der Waals surface area contributed by atoms with Gasteiger partial charge in [-0.05, 0) is 81.5 Å². The number of piperazine rings is 1. The topological polar surface area (TPSA) is 171 Å². The Bertz CT molecular complexity index is 2660. The van der Waals surface area contributed by atoms with E-state index in [0.29, 0.717) is 70.4 Å². The quantitative estimate of drug-likeness (QED) is 0.136. The molecule has 394 valence electrons. The molecule has 8 aliphatic rings. The number of hydrogen-bond donors (Lipinski definition) is 2. The minimum atomic E-state index is -2.88. The van der Waals surface area contributed by atoms with Gasteiger partial charge in [-0.1, -0.05) is 19.9 Å². The molecular formula is C53H68F2N8O9S. The molecule has 2 saturated carbocycles. The van der Waals surface area contributed by atoms with Gasteiger partial charge in [0.05, 0.1) is 61.0 Å². The minimum Gasteiger partial charge on any atom is -0.464 e. The number of benzene rings is 1. The molecule has 2 amide bonds. The van der Waals surface area contributed by atoms with Gasteiger partial charge in [0.1, 0.15) is 35.9 Å². The lowest BCUT2D eigenvalue weighted by Crippen LogP contribution is -2.72. The minimum absolute atomic E-state index is 0.0662. The zero-order chi connectivity index (χ0) is 50.5. The van der Waals surface area contributed by atoms with Crippen LogP contribution in [0, 0.1) is 11.3 Å². The van der Waals surface area contributed by atoms with E-state index in [0.717, 1.165) is 83.7 Å². The fraction of sp³-hybridized carbons (Fsp3) is 0.642. The number of cyclic esters (lactones) is 1. The van der Waals surface area contributed by atoms with Crippen LogP contribution in [0.4, 0.5) is 14.5 Å². The number of amides is 2. The summed E-state index contributed by atoms with van der Waals surface area (Å²) in [4.78, 5) is 58.1. The molecule has 0 spiro atoms. The van der Waals surface area contributed by atoms with Crippen LogP contribution in [0.15, 0.2) is 35.8 Å². The average Bonchev–Trinajstić information content (AvgIpc) is 4.04. The second-order valence-electron chi connectivity index (χ2n) is 21.7. The third-order valence-corrected chi connectivity index (χ3v) is 16.9. The number of anilines is 1. The van der Waals surface area contributed by atoms with Crippen LogP contribution in [0.2, 0.25) is 0 Å². The van der Waals surface area contributed by atoms with Crippen LogP contribution in [0.5, 0.6) is 0 Å². The normalized spacial score (nSPS) is 27.3. The molecule has 5 saturated heterocycles. The smallest absolute Gasteiger partial charge is 0.325 e. The molecule has 0 radical (unpaired) electrons. The number of nitrogens with zero attached hydrogens (tertiary/aromatic N) is 6. The lowest BCUT2D eigenvalue weighted by atomic mass is 9.73. The molecule has 5 atom stereocenters. The van der Waals surface area contributed by atoms with Crippen molar-refractivity contribution >= 4 is 45.7 Å². The Morgan fingerprint density at radius 1 is 1.01 bits per heavy atom. The van der Waals surface area contributed by atoms with Crippen molar-refractivity contribution in [1.29, 1.82) is 0 Å². The van der Waals surface area contributed by atoms with Crippen LogP contribution in [-0.2, 0) is 55.8 Å². The molecule has 4 aromatic rings. The molecule has 2 N–H and O–H groups in total. The van der Waals surface area contributed by atoms with Crippen molar-refractivity contribution in [3.05, 3.63) is 52.1 Å². The van der Waals surface area contributed by atoms with Gasteiger partial charge >= 0.3 is 5.97 Å². The van der Waals surface area contributed by atoms with Gasteiger partial charge in [0, 0.05) is 104 Å². The van der Waals surface area contributed by atoms with E-state index >= 15 is 0 Å². The summed E-state index contributed by atoms with van der Waals surface area (Å²) in [6, 6.07) is 6.52. The highest BCUT2D eigenvalue weighted by Crippen LogP contribution is 2.45. The Kier molecular flexibility index (Phi) is 14.6. The van der Waals surface area contributed by atoms with Crippen LogP contribution >= 0.6 is 11.3 Å². The standard InChI is InChI=1S/C53H68F2N8O9S/c1-30(67-4)44-38(24-35(26-56-44)61-14-12-60(13-15-61)33-6-7-33)47-39-25-53(2,3)29-72-52(66)45-32-21-34(22-32)63(59-45)51(65)46(58-49(64)42-11-19-70-42)48(71-27-43(54)55)50-57-40(28-73-50)31-5-8-41(37(39)23-31)62(47)16-20-69-36-9-17-68-18-10-36/h5,8,23-24,26,28,30,32-34,36,42-43,45-46,48,59H,6-7,9-22,25,27,29H2,1-4H3,(H,58,64)/t30-,32?,34?,42-,45-,46-,48-/m0/s1. The summed E-state index contributed by atoms with van der Waals surface area (Å²) < 4.78 is 66.6. The van der Waals surface area contributed by atoms with E-state index < -0.39 is 60.5 Å². The van der Waals surface area contributed by atoms with Gasteiger partial charge in [0.15, 0.2) is 0 Å². The molecule has 73 heavy (non-hydrogen) atoms. The largest absolute Gasteiger partial charge is 0.464 e. The molecular weight excluding hydrogens is 963 g/mol. The van der Waals surface area contributed by atoms with Gasteiger partial charge in [-0.3, -0.25) is 29.3 Å². The summed E-state index contributed by atoms with van der Waals surface area (Å²) in [6.07, 6.45) is 2.77. The Labute approximate surface area is 428 Å². The molecule has 12 rings (SSSR count). The number of rotatable bonds is 14.